The van der Waals surface area contributed by atoms with Crippen molar-refractivity contribution in [1.29, 1.82) is 5.41 Å². The van der Waals surface area contributed by atoms with E-state index in [-0.39, 0.29) is 0 Å². The monoisotopic (exact) mass is 373 g/mol. The molecular weight excluding hydrogens is 346 g/mol. The van der Waals surface area contributed by atoms with E-state index in [0.717, 1.165) is 68.3 Å². The predicted molar refractivity (Wildman–Crippen MR) is 110 cm³/mol. The number of allylic oxidation sites excluding steroid dienone is 2. The van der Waals surface area contributed by atoms with Crippen LogP contribution in [-0.2, 0) is 0 Å². The first-order chi connectivity index (χ1) is 12.7. The van der Waals surface area contributed by atoms with E-state index in [0.29, 0.717) is 10.9 Å². The standard InChI is InChI=1S/C20H28ClN5/c1-15(25-18-4-2-3-17(21)12-18)19(11-16-5-6-24-14-16)20(13-22)26-9-7-23-8-10-26/h2-4,12-13,16,22-25H,1,5-11,14H2/b20-19+,22-13?. The van der Waals surface area contributed by atoms with Crippen LogP contribution in [0.2, 0.25) is 5.02 Å². The third-order valence-electron chi connectivity index (χ3n) is 5.04. The fourth-order valence-corrected chi connectivity index (χ4v) is 3.84. The van der Waals surface area contributed by atoms with Gasteiger partial charge in [-0.1, -0.05) is 24.2 Å². The molecule has 2 heterocycles. The summed E-state index contributed by atoms with van der Waals surface area (Å²) >= 11 is 6.12. The summed E-state index contributed by atoms with van der Waals surface area (Å²) in [6, 6.07) is 7.67. The van der Waals surface area contributed by atoms with Crippen LogP contribution in [0.15, 0.2) is 47.8 Å². The summed E-state index contributed by atoms with van der Waals surface area (Å²) in [5.41, 5.74) is 3.90. The van der Waals surface area contributed by atoms with E-state index in [4.69, 9.17) is 17.0 Å². The number of piperazine rings is 1. The molecule has 0 spiro atoms. The van der Waals surface area contributed by atoms with Gasteiger partial charge >= 0.3 is 0 Å². The SMILES string of the molecule is C=C(Nc1cccc(Cl)c1)/C(CC1CCNC1)=C(\C=N)N1CCNCC1. The summed E-state index contributed by atoms with van der Waals surface area (Å²) in [6.07, 6.45) is 3.59. The van der Waals surface area contributed by atoms with Crippen LogP contribution in [-0.4, -0.2) is 50.4 Å². The smallest absolute Gasteiger partial charge is 0.0599 e. The van der Waals surface area contributed by atoms with E-state index in [1.807, 2.05) is 24.3 Å². The molecule has 2 fully saturated rings. The van der Waals surface area contributed by atoms with E-state index >= 15 is 0 Å². The number of anilines is 1. The highest BCUT2D eigenvalue weighted by Gasteiger charge is 2.23. The predicted octanol–water partition coefficient (Wildman–Crippen LogP) is 3.07. The van der Waals surface area contributed by atoms with E-state index in [9.17, 15) is 0 Å². The first-order valence-corrected chi connectivity index (χ1v) is 9.67. The summed E-state index contributed by atoms with van der Waals surface area (Å²) in [7, 11) is 0. The molecule has 0 radical (unpaired) electrons. The maximum atomic E-state index is 8.06. The Kier molecular flexibility index (Phi) is 6.72. The first kappa shape index (κ1) is 19.0. The molecule has 3 rings (SSSR count). The van der Waals surface area contributed by atoms with Crippen LogP contribution in [0.3, 0.4) is 0 Å². The topological polar surface area (TPSA) is 63.2 Å². The van der Waals surface area contributed by atoms with Gasteiger partial charge in [-0.2, -0.15) is 0 Å². The molecule has 0 amide bonds. The Bertz CT molecular complexity index is 673. The molecule has 26 heavy (non-hydrogen) atoms. The van der Waals surface area contributed by atoms with Crippen LogP contribution in [0.4, 0.5) is 5.69 Å². The third kappa shape index (κ3) is 4.87. The average molecular weight is 374 g/mol. The molecule has 1 aromatic carbocycles. The molecule has 1 atom stereocenters. The van der Waals surface area contributed by atoms with Crippen molar-refractivity contribution in [3.05, 3.63) is 52.8 Å². The maximum Gasteiger partial charge on any atom is 0.0599 e. The molecule has 1 unspecified atom stereocenters. The van der Waals surface area contributed by atoms with Crippen molar-refractivity contribution < 1.29 is 0 Å². The number of nitrogens with one attached hydrogen (secondary N) is 4. The Morgan fingerprint density at radius 2 is 2.12 bits per heavy atom. The minimum absolute atomic E-state index is 0.584. The largest absolute Gasteiger partial charge is 0.367 e. The van der Waals surface area contributed by atoms with Gasteiger partial charge in [0.15, 0.2) is 0 Å². The van der Waals surface area contributed by atoms with Gasteiger partial charge in [0.25, 0.3) is 0 Å². The van der Waals surface area contributed by atoms with Crippen molar-refractivity contribution in [3.8, 4) is 0 Å². The van der Waals surface area contributed by atoms with Gasteiger partial charge in [0.2, 0.25) is 0 Å². The summed E-state index contributed by atoms with van der Waals surface area (Å²) in [5.74, 6) is 0.584. The van der Waals surface area contributed by atoms with Crippen LogP contribution < -0.4 is 16.0 Å². The highest BCUT2D eigenvalue weighted by molar-refractivity contribution is 6.30. The van der Waals surface area contributed by atoms with E-state index < -0.39 is 0 Å². The molecule has 5 nitrogen and oxygen atoms in total. The number of benzene rings is 1. The third-order valence-corrected chi connectivity index (χ3v) is 5.28. The van der Waals surface area contributed by atoms with Gasteiger partial charge in [0, 0.05) is 54.4 Å². The molecule has 1 aromatic rings. The zero-order chi connectivity index (χ0) is 18.4. The Balaban J connectivity index is 1.86. The number of hydrogen-bond donors (Lipinski definition) is 4. The molecule has 0 aromatic heterocycles. The summed E-state index contributed by atoms with van der Waals surface area (Å²) in [6.45, 7) is 10.1. The molecule has 4 N–H and O–H groups in total. The van der Waals surface area contributed by atoms with Crippen molar-refractivity contribution in [2.24, 2.45) is 5.92 Å². The number of halogens is 1. The van der Waals surface area contributed by atoms with E-state index in [1.165, 1.54) is 12.6 Å². The molecule has 2 aliphatic rings. The van der Waals surface area contributed by atoms with Crippen molar-refractivity contribution in [1.82, 2.24) is 15.5 Å². The fraction of sp³-hybridized carbons (Fsp3) is 0.450. The van der Waals surface area contributed by atoms with Gasteiger partial charge in [0.05, 0.1) is 5.70 Å². The van der Waals surface area contributed by atoms with Crippen LogP contribution >= 0.6 is 11.6 Å². The second-order valence-electron chi connectivity index (χ2n) is 6.92. The van der Waals surface area contributed by atoms with Crippen LogP contribution in [0.25, 0.3) is 0 Å². The summed E-state index contributed by atoms with van der Waals surface area (Å²) in [4.78, 5) is 2.30. The van der Waals surface area contributed by atoms with Crippen LogP contribution in [0.5, 0.6) is 0 Å². The Labute approximate surface area is 161 Å². The second-order valence-corrected chi connectivity index (χ2v) is 7.36. The molecule has 6 heteroatoms. The minimum Gasteiger partial charge on any atom is -0.367 e. The van der Waals surface area contributed by atoms with E-state index in [1.54, 1.807) is 0 Å². The highest BCUT2D eigenvalue weighted by Crippen LogP contribution is 2.28. The summed E-state index contributed by atoms with van der Waals surface area (Å²) < 4.78 is 0. The maximum absolute atomic E-state index is 8.06. The number of hydrogen-bond acceptors (Lipinski definition) is 5. The quantitative estimate of drug-likeness (QED) is 0.438. The molecule has 0 saturated carbocycles. The van der Waals surface area contributed by atoms with Crippen LogP contribution in [0, 0.1) is 11.3 Å². The highest BCUT2D eigenvalue weighted by atomic mass is 35.5. The van der Waals surface area contributed by atoms with Crippen molar-refractivity contribution >= 4 is 23.5 Å². The number of rotatable bonds is 7. The number of nitrogens with zero attached hydrogens (tertiary/aromatic N) is 1. The van der Waals surface area contributed by atoms with E-state index in [2.05, 4.69) is 27.4 Å². The molecule has 140 valence electrons. The van der Waals surface area contributed by atoms with Gasteiger partial charge in [-0.15, -0.1) is 0 Å². The fourth-order valence-electron chi connectivity index (χ4n) is 3.65. The lowest BCUT2D eigenvalue weighted by molar-refractivity contribution is 0.309. The first-order valence-electron chi connectivity index (χ1n) is 9.29. The molecule has 0 aliphatic carbocycles. The normalized spacial score (nSPS) is 21.3. The van der Waals surface area contributed by atoms with Gasteiger partial charge < -0.3 is 26.3 Å². The van der Waals surface area contributed by atoms with Crippen LogP contribution in [0.1, 0.15) is 12.8 Å². The van der Waals surface area contributed by atoms with Gasteiger partial charge in [0.1, 0.15) is 0 Å². The van der Waals surface area contributed by atoms with Gasteiger partial charge in [-0.3, -0.25) is 0 Å². The van der Waals surface area contributed by atoms with Gasteiger partial charge in [-0.05, 0) is 50.0 Å². The lowest BCUT2D eigenvalue weighted by atomic mass is 9.94. The Morgan fingerprint density at radius 1 is 1.31 bits per heavy atom. The molecule has 2 aliphatic heterocycles. The lowest BCUT2D eigenvalue weighted by Crippen LogP contribution is -2.43. The molecular formula is C20H28ClN5. The minimum atomic E-state index is 0.584. The lowest BCUT2D eigenvalue weighted by Gasteiger charge is -2.32. The van der Waals surface area contributed by atoms with Crippen molar-refractivity contribution in [3.63, 3.8) is 0 Å². The Hall–Kier alpha value is -1.82. The molecule has 2 saturated heterocycles. The second kappa shape index (κ2) is 9.21. The zero-order valence-electron chi connectivity index (χ0n) is 15.2. The average Bonchev–Trinajstić information content (AvgIpc) is 3.15. The summed E-state index contributed by atoms with van der Waals surface area (Å²) in [5, 5.41) is 19.0. The molecule has 0 bridgehead atoms. The van der Waals surface area contributed by atoms with Crippen molar-refractivity contribution in [2.45, 2.75) is 12.8 Å². The van der Waals surface area contributed by atoms with Gasteiger partial charge in [-0.25, -0.2) is 0 Å². The Morgan fingerprint density at radius 3 is 2.77 bits per heavy atom. The zero-order valence-corrected chi connectivity index (χ0v) is 15.9. The van der Waals surface area contributed by atoms with Crippen molar-refractivity contribution in [2.75, 3.05) is 44.6 Å².